The minimum atomic E-state index is -0.822. The second kappa shape index (κ2) is 15.2. The molecule has 0 spiro atoms. The van der Waals surface area contributed by atoms with E-state index in [1.807, 2.05) is 65.0 Å². The van der Waals surface area contributed by atoms with Crippen LogP contribution in [-0.2, 0) is 25.5 Å². The molecule has 2 aromatic rings. The summed E-state index contributed by atoms with van der Waals surface area (Å²) in [5.74, 6) is -0.795. The molecule has 3 rings (SSSR count). The minimum absolute atomic E-state index is 0.0203. The summed E-state index contributed by atoms with van der Waals surface area (Å²) < 4.78 is 10.3. The molecule has 0 aliphatic heterocycles. The van der Waals surface area contributed by atoms with E-state index in [1.54, 1.807) is 12.1 Å². The van der Waals surface area contributed by atoms with Crippen molar-refractivity contribution < 1.29 is 28.7 Å². The number of benzene rings is 2. The maximum Gasteiger partial charge on any atom is 0.407 e. The van der Waals surface area contributed by atoms with E-state index >= 15 is 0 Å². The summed E-state index contributed by atoms with van der Waals surface area (Å²) in [6, 6.07) is 12.0. The fraction of sp³-hybridized carbons (Fsp3) is 0.515. The molecule has 2 aromatic carbocycles. The molecule has 0 radical (unpaired) electrons. The zero-order valence-corrected chi connectivity index (χ0v) is 26.7. The van der Waals surface area contributed by atoms with Crippen molar-refractivity contribution in [2.45, 2.75) is 84.4 Å². The van der Waals surface area contributed by atoms with Gasteiger partial charge in [0.05, 0.1) is 7.11 Å². The molecule has 43 heavy (non-hydrogen) atoms. The molecule has 1 aliphatic carbocycles. The molecule has 0 heterocycles. The number of nitrogens with one attached hydrogen (secondary N) is 3. The predicted molar refractivity (Wildman–Crippen MR) is 167 cm³/mol. The Bertz CT molecular complexity index is 1280. The lowest BCUT2D eigenvalue weighted by molar-refractivity contribution is -0.145. The van der Waals surface area contributed by atoms with Gasteiger partial charge in [0, 0.05) is 41.1 Å². The van der Waals surface area contributed by atoms with Crippen LogP contribution in [0, 0.1) is 11.8 Å². The number of carbonyl (C=O) groups excluding carboxylic acids is 4. The maximum atomic E-state index is 13.1. The molecule has 1 saturated carbocycles. The van der Waals surface area contributed by atoms with Crippen molar-refractivity contribution in [3.63, 3.8) is 0 Å². The van der Waals surface area contributed by atoms with Gasteiger partial charge in [-0.3, -0.25) is 9.59 Å². The summed E-state index contributed by atoms with van der Waals surface area (Å²) in [4.78, 5) is 49.9. The van der Waals surface area contributed by atoms with Crippen molar-refractivity contribution in [1.82, 2.24) is 16.0 Å². The third-order valence-corrected chi connectivity index (χ3v) is 7.62. The third kappa shape index (κ3) is 10.6. The van der Waals surface area contributed by atoms with Gasteiger partial charge < -0.3 is 25.4 Å². The van der Waals surface area contributed by atoms with Crippen molar-refractivity contribution in [1.29, 1.82) is 0 Å². The van der Waals surface area contributed by atoms with Crippen LogP contribution in [0.3, 0.4) is 0 Å². The molecular formula is C33H44ClN3O6. The van der Waals surface area contributed by atoms with Crippen LogP contribution in [0.5, 0.6) is 0 Å². The van der Waals surface area contributed by atoms with Gasteiger partial charge in [-0.05, 0) is 89.5 Å². The standard InChI is InChI=1S/C33H44ClN3O6/c1-20(2)36-30(39)25-15-16-26(27(34)18-25)23-11-7-21(8-12-23)17-28(31(40)42-6)37-29(38)24-13-9-22(10-14-24)19-35-32(41)43-33(3,4)5/h7-8,11-12,15-16,18,20,22,24,28H,9-10,13-14,17,19H2,1-6H3,(H,35,41)(H,36,39)(H,37,38)/t22-,24-,28?. The molecule has 3 amide bonds. The van der Waals surface area contributed by atoms with Crippen molar-refractivity contribution in [2.75, 3.05) is 13.7 Å². The van der Waals surface area contributed by atoms with E-state index in [1.165, 1.54) is 7.11 Å². The molecule has 0 saturated heterocycles. The average Bonchev–Trinajstić information content (AvgIpc) is 2.94. The summed E-state index contributed by atoms with van der Waals surface area (Å²) >= 11 is 6.51. The second-order valence-electron chi connectivity index (χ2n) is 12.4. The van der Waals surface area contributed by atoms with Crippen molar-refractivity contribution in [3.05, 3.63) is 58.6 Å². The van der Waals surface area contributed by atoms with Gasteiger partial charge >= 0.3 is 12.1 Å². The number of esters is 1. The highest BCUT2D eigenvalue weighted by molar-refractivity contribution is 6.33. The molecule has 1 fully saturated rings. The highest BCUT2D eigenvalue weighted by Crippen LogP contribution is 2.30. The van der Waals surface area contributed by atoms with Crippen LogP contribution in [-0.4, -0.2) is 55.2 Å². The number of hydrogen-bond acceptors (Lipinski definition) is 6. The molecule has 234 valence electrons. The van der Waals surface area contributed by atoms with Crippen LogP contribution < -0.4 is 16.0 Å². The average molecular weight is 614 g/mol. The summed E-state index contributed by atoms with van der Waals surface area (Å²) in [7, 11) is 1.31. The Morgan fingerprint density at radius 1 is 0.953 bits per heavy atom. The highest BCUT2D eigenvalue weighted by atomic mass is 35.5. The van der Waals surface area contributed by atoms with Gasteiger partial charge in [-0.1, -0.05) is 41.9 Å². The van der Waals surface area contributed by atoms with Crippen LogP contribution >= 0.6 is 11.6 Å². The summed E-state index contributed by atoms with van der Waals surface area (Å²) in [6.45, 7) is 9.76. The first-order chi connectivity index (χ1) is 20.3. The molecular weight excluding hydrogens is 570 g/mol. The Labute approximate surface area is 259 Å². The zero-order valence-electron chi connectivity index (χ0n) is 25.9. The number of methoxy groups -OCH3 is 1. The van der Waals surface area contributed by atoms with Crippen LogP contribution in [0.1, 0.15) is 76.2 Å². The molecule has 1 atom stereocenters. The van der Waals surface area contributed by atoms with Gasteiger partial charge in [0.2, 0.25) is 5.91 Å². The van der Waals surface area contributed by atoms with E-state index in [9.17, 15) is 19.2 Å². The van der Waals surface area contributed by atoms with Crippen LogP contribution in [0.15, 0.2) is 42.5 Å². The molecule has 3 N–H and O–H groups in total. The third-order valence-electron chi connectivity index (χ3n) is 7.31. The minimum Gasteiger partial charge on any atom is -0.467 e. The number of hydrogen-bond donors (Lipinski definition) is 3. The molecule has 10 heteroatoms. The number of halogens is 1. The number of alkyl carbamates (subject to hydrolysis) is 1. The van der Waals surface area contributed by atoms with E-state index in [0.29, 0.717) is 30.0 Å². The lowest BCUT2D eigenvalue weighted by Crippen LogP contribution is -2.46. The Morgan fingerprint density at radius 2 is 1.60 bits per heavy atom. The molecule has 0 bridgehead atoms. The number of ether oxygens (including phenoxy) is 2. The number of rotatable bonds is 10. The Morgan fingerprint density at radius 3 is 2.16 bits per heavy atom. The quantitative estimate of drug-likeness (QED) is 0.297. The highest BCUT2D eigenvalue weighted by Gasteiger charge is 2.30. The maximum absolute atomic E-state index is 13.1. The largest absolute Gasteiger partial charge is 0.467 e. The van der Waals surface area contributed by atoms with E-state index < -0.39 is 23.7 Å². The van der Waals surface area contributed by atoms with E-state index in [4.69, 9.17) is 21.1 Å². The summed E-state index contributed by atoms with van der Waals surface area (Å²) in [6.07, 6.45) is 2.78. The SMILES string of the molecule is COC(=O)C(Cc1ccc(-c2ccc(C(=O)NC(C)C)cc2Cl)cc1)NC(=O)[C@H]1CC[C@H](CNC(=O)OC(C)(C)C)CC1. The van der Waals surface area contributed by atoms with E-state index in [2.05, 4.69) is 16.0 Å². The first-order valence-electron chi connectivity index (χ1n) is 14.8. The lowest BCUT2D eigenvalue weighted by Gasteiger charge is -2.29. The molecule has 9 nitrogen and oxygen atoms in total. The van der Waals surface area contributed by atoms with Crippen molar-refractivity contribution in [2.24, 2.45) is 11.8 Å². The summed E-state index contributed by atoms with van der Waals surface area (Å²) in [5, 5.41) is 9.03. The fourth-order valence-electron chi connectivity index (χ4n) is 5.09. The van der Waals surface area contributed by atoms with E-state index in [-0.39, 0.29) is 36.1 Å². The molecule has 1 unspecified atom stereocenters. The number of carbonyl (C=O) groups is 4. The monoisotopic (exact) mass is 613 g/mol. The fourth-order valence-corrected chi connectivity index (χ4v) is 5.38. The Hall–Kier alpha value is -3.59. The predicted octanol–water partition coefficient (Wildman–Crippen LogP) is 5.68. The normalized spacial score (nSPS) is 17.5. The van der Waals surface area contributed by atoms with Gasteiger partial charge in [0.25, 0.3) is 5.91 Å². The van der Waals surface area contributed by atoms with Gasteiger partial charge in [0.15, 0.2) is 0 Å². The Balaban J connectivity index is 1.56. The first-order valence-corrected chi connectivity index (χ1v) is 15.2. The zero-order chi connectivity index (χ0) is 31.7. The van der Waals surface area contributed by atoms with Crippen LogP contribution in [0.4, 0.5) is 4.79 Å². The van der Waals surface area contributed by atoms with Crippen LogP contribution in [0.2, 0.25) is 5.02 Å². The summed E-state index contributed by atoms with van der Waals surface area (Å²) in [5.41, 5.74) is 2.43. The van der Waals surface area contributed by atoms with Gasteiger partial charge in [-0.25, -0.2) is 9.59 Å². The van der Waals surface area contributed by atoms with Gasteiger partial charge in [-0.15, -0.1) is 0 Å². The lowest BCUT2D eigenvalue weighted by atomic mass is 9.81. The van der Waals surface area contributed by atoms with Crippen LogP contribution in [0.25, 0.3) is 11.1 Å². The molecule has 0 aromatic heterocycles. The van der Waals surface area contributed by atoms with Crippen molar-refractivity contribution in [3.8, 4) is 11.1 Å². The first kappa shape index (κ1) is 33.9. The second-order valence-corrected chi connectivity index (χ2v) is 12.8. The van der Waals surface area contributed by atoms with Gasteiger partial charge in [0.1, 0.15) is 11.6 Å². The number of amides is 3. The molecule has 1 aliphatic rings. The smallest absolute Gasteiger partial charge is 0.407 e. The topological polar surface area (TPSA) is 123 Å². The van der Waals surface area contributed by atoms with E-state index in [0.717, 1.165) is 29.5 Å². The Kier molecular flexibility index (Phi) is 12.0. The van der Waals surface area contributed by atoms with Crippen molar-refractivity contribution >= 4 is 35.5 Å². The van der Waals surface area contributed by atoms with Gasteiger partial charge in [-0.2, -0.15) is 0 Å².